The van der Waals surface area contributed by atoms with Crippen LogP contribution in [0.25, 0.3) is 0 Å². The van der Waals surface area contributed by atoms with Crippen LogP contribution in [-0.2, 0) is 0 Å². The second-order valence-corrected chi connectivity index (χ2v) is 4.85. The Morgan fingerprint density at radius 3 is 1.55 bits per heavy atom. The maximum atomic E-state index is 2.63. The van der Waals surface area contributed by atoms with Crippen LogP contribution in [0.3, 0.4) is 0 Å². The van der Waals surface area contributed by atoms with E-state index in [-0.39, 0.29) is 0 Å². The van der Waals surface area contributed by atoms with Crippen LogP contribution in [0.2, 0.25) is 0 Å². The summed E-state index contributed by atoms with van der Waals surface area (Å²) in [6.07, 6.45) is 2.75. The van der Waals surface area contributed by atoms with Crippen molar-refractivity contribution in [1.82, 2.24) is 4.90 Å². The quantitative estimate of drug-likeness (QED) is 0.520. The van der Waals surface area contributed by atoms with Gasteiger partial charge in [0.05, 0.1) is 0 Å². The van der Waals surface area contributed by atoms with Crippen LogP contribution < -0.4 is 0 Å². The lowest BCUT2D eigenvalue weighted by molar-refractivity contribution is 0.0912. The summed E-state index contributed by atoms with van der Waals surface area (Å²) in [5, 5.41) is 0. The molecule has 0 spiro atoms. The van der Waals surface area contributed by atoms with E-state index in [2.05, 4.69) is 39.5 Å². The van der Waals surface area contributed by atoms with Crippen molar-refractivity contribution >= 4 is 0 Å². The Bertz CT molecular complexity index is 124. The van der Waals surface area contributed by atoms with Gasteiger partial charge in [-0.3, -0.25) is 4.90 Å². The van der Waals surface area contributed by atoms with Gasteiger partial charge < -0.3 is 0 Å². The van der Waals surface area contributed by atoms with Gasteiger partial charge in [0.1, 0.15) is 0 Å². The molecule has 0 saturated carbocycles. The molecule has 1 saturated heterocycles. The van der Waals surface area contributed by atoms with Gasteiger partial charge >= 0.3 is 0 Å². The van der Waals surface area contributed by atoms with Crippen molar-refractivity contribution in [1.29, 1.82) is 0 Å². The average molecular weight is 155 g/mol. The molecule has 0 aliphatic carbocycles. The van der Waals surface area contributed by atoms with Crippen LogP contribution >= 0.6 is 0 Å². The summed E-state index contributed by atoms with van der Waals surface area (Å²) in [5.74, 6) is 0. The topological polar surface area (TPSA) is 3.24 Å². The first-order chi connectivity index (χ1) is 4.93. The van der Waals surface area contributed by atoms with Gasteiger partial charge in [0, 0.05) is 17.6 Å². The van der Waals surface area contributed by atoms with Gasteiger partial charge in [-0.05, 0) is 47.5 Å². The van der Waals surface area contributed by atoms with Gasteiger partial charge in [-0.15, -0.1) is 0 Å². The Kier molecular flexibility index (Phi) is 2.29. The third-order valence-electron chi connectivity index (χ3n) is 2.73. The van der Waals surface area contributed by atoms with E-state index < -0.39 is 0 Å². The van der Waals surface area contributed by atoms with E-state index in [9.17, 15) is 0 Å². The fourth-order valence-electron chi connectivity index (χ4n) is 2.52. The van der Waals surface area contributed by atoms with Gasteiger partial charge in [-0.2, -0.15) is 0 Å². The largest absolute Gasteiger partial charge is 0.293 e. The third kappa shape index (κ3) is 1.76. The highest BCUT2D eigenvalue weighted by atomic mass is 15.3. The molecule has 0 aromatic rings. The zero-order chi connectivity index (χ0) is 8.65. The Morgan fingerprint density at radius 1 is 1.00 bits per heavy atom. The van der Waals surface area contributed by atoms with Crippen molar-refractivity contribution in [3.63, 3.8) is 0 Å². The lowest BCUT2D eigenvalue weighted by Crippen LogP contribution is -2.47. The monoisotopic (exact) mass is 155 g/mol. The first-order valence-electron chi connectivity index (χ1n) is 4.71. The smallest absolute Gasteiger partial charge is 0.0130 e. The van der Waals surface area contributed by atoms with Crippen LogP contribution in [0.1, 0.15) is 47.5 Å². The normalized spacial score (nSPS) is 34.6. The zero-order valence-electron chi connectivity index (χ0n) is 8.52. The fraction of sp³-hybridized carbons (Fsp3) is 1.00. The van der Waals surface area contributed by atoms with Crippen molar-refractivity contribution in [2.24, 2.45) is 0 Å². The number of nitrogens with zero attached hydrogens (tertiary/aromatic N) is 1. The van der Waals surface area contributed by atoms with Crippen LogP contribution in [0.15, 0.2) is 0 Å². The molecule has 1 aliphatic heterocycles. The lowest BCUT2D eigenvalue weighted by Gasteiger charge is -2.39. The molecule has 0 aromatic heterocycles. The Balaban J connectivity index is 2.69. The molecular formula is C10H21N. The number of likely N-dealkylation sites (tertiary alicyclic amines) is 1. The van der Waals surface area contributed by atoms with Crippen LogP contribution in [0, 0.1) is 0 Å². The second-order valence-electron chi connectivity index (χ2n) is 4.85. The summed E-state index contributed by atoms with van der Waals surface area (Å²) < 4.78 is 0. The maximum absolute atomic E-state index is 2.63. The van der Waals surface area contributed by atoms with E-state index in [1.54, 1.807) is 0 Å². The predicted molar refractivity (Wildman–Crippen MR) is 49.8 cm³/mol. The summed E-state index contributed by atoms with van der Waals surface area (Å²) in [5.41, 5.74) is 0.356. The van der Waals surface area contributed by atoms with Crippen molar-refractivity contribution in [3.05, 3.63) is 0 Å². The molecule has 0 unspecified atom stereocenters. The van der Waals surface area contributed by atoms with Crippen molar-refractivity contribution in [3.8, 4) is 0 Å². The van der Waals surface area contributed by atoms with Gasteiger partial charge in [-0.25, -0.2) is 0 Å². The molecular weight excluding hydrogens is 134 g/mol. The molecule has 1 heterocycles. The zero-order valence-corrected chi connectivity index (χ0v) is 8.52. The highest BCUT2D eigenvalue weighted by molar-refractivity contribution is 4.90. The number of hydrogen-bond donors (Lipinski definition) is 0. The molecule has 0 aromatic carbocycles. The van der Waals surface area contributed by atoms with Crippen molar-refractivity contribution in [2.75, 3.05) is 0 Å². The summed E-state index contributed by atoms with van der Waals surface area (Å²) in [7, 11) is 0. The molecule has 1 fully saturated rings. The van der Waals surface area contributed by atoms with Crippen molar-refractivity contribution < 1.29 is 0 Å². The number of rotatable bonds is 0. The predicted octanol–water partition coefficient (Wildman–Crippen LogP) is 2.66. The average Bonchev–Trinajstić information content (AvgIpc) is 2.08. The Labute approximate surface area is 70.8 Å². The molecule has 0 N–H and O–H groups in total. The van der Waals surface area contributed by atoms with Crippen LogP contribution in [-0.4, -0.2) is 22.5 Å². The number of hydrogen-bond acceptors (Lipinski definition) is 1. The molecule has 1 heteroatoms. The molecule has 0 bridgehead atoms. The van der Waals surface area contributed by atoms with Crippen molar-refractivity contribution in [2.45, 2.75) is 65.1 Å². The molecule has 1 aliphatic rings. The first-order valence-corrected chi connectivity index (χ1v) is 4.71. The highest BCUT2D eigenvalue weighted by Gasteiger charge is 2.34. The molecule has 66 valence electrons. The Morgan fingerprint density at radius 2 is 1.36 bits per heavy atom. The van der Waals surface area contributed by atoms with E-state index in [0.29, 0.717) is 5.54 Å². The summed E-state index contributed by atoms with van der Waals surface area (Å²) >= 11 is 0. The molecule has 0 radical (unpaired) electrons. The summed E-state index contributed by atoms with van der Waals surface area (Å²) in [4.78, 5) is 2.63. The lowest BCUT2D eigenvalue weighted by atomic mass is 10.0. The summed E-state index contributed by atoms with van der Waals surface area (Å²) in [6.45, 7) is 11.6. The van der Waals surface area contributed by atoms with Gasteiger partial charge in [0.2, 0.25) is 0 Å². The SMILES string of the molecule is C[C@@H]1CC[C@H](C)N1C(C)(C)C. The van der Waals surface area contributed by atoms with Crippen LogP contribution in [0.4, 0.5) is 0 Å². The fourth-order valence-corrected chi connectivity index (χ4v) is 2.52. The molecule has 11 heavy (non-hydrogen) atoms. The van der Waals surface area contributed by atoms with E-state index in [4.69, 9.17) is 0 Å². The van der Waals surface area contributed by atoms with Gasteiger partial charge in [0.15, 0.2) is 0 Å². The molecule has 1 nitrogen and oxygen atoms in total. The minimum atomic E-state index is 0.356. The maximum Gasteiger partial charge on any atom is 0.0130 e. The first kappa shape index (κ1) is 9.05. The minimum absolute atomic E-state index is 0.356. The molecule has 1 rings (SSSR count). The van der Waals surface area contributed by atoms with Gasteiger partial charge in [-0.1, -0.05) is 0 Å². The van der Waals surface area contributed by atoms with Crippen LogP contribution in [0.5, 0.6) is 0 Å². The molecule has 0 amide bonds. The molecule has 2 atom stereocenters. The Hall–Kier alpha value is -0.0400. The van der Waals surface area contributed by atoms with E-state index >= 15 is 0 Å². The third-order valence-corrected chi connectivity index (χ3v) is 2.73. The highest BCUT2D eigenvalue weighted by Crippen LogP contribution is 2.30. The second kappa shape index (κ2) is 2.78. The minimum Gasteiger partial charge on any atom is -0.293 e. The van der Waals surface area contributed by atoms with E-state index in [1.807, 2.05) is 0 Å². The standard InChI is InChI=1S/C10H21N/c1-8-6-7-9(2)11(8)10(3,4)5/h8-9H,6-7H2,1-5H3/t8-,9+. The van der Waals surface area contributed by atoms with E-state index in [1.165, 1.54) is 12.8 Å². The van der Waals surface area contributed by atoms with E-state index in [0.717, 1.165) is 12.1 Å². The van der Waals surface area contributed by atoms with Gasteiger partial charge in [0.25, 0.3) is 0 Å². The summed E-state index contributed by atoms with van der Waals surface area (Å²) in [6, 6.07) is 1.56.